The quantitative estimate of drug-likeness (QED) is 0.660. The Morgan fingerprint density at radius 2 is 1.73 bits per heavy atom. The molecular weight excluding hydrogens is 437 g/mol. The molecule has 11 heteroatoms. The summed E-state index contributed by atoms with van der Waals surface area (Å²) in [5.41, 5.74) is 1.03. The standard InChI is InChI=1S/C22H29F3N6O2/c1-14-13-26-20(29-19(14)30(2)3)27-15-9-11-16(12-10-15)28-21(32)31(4)17-7-5-6-8-18(17)33-22(23,24)25/h5-8,13,15-16H,9-12H2,1-4H3,(H,28,32)(H,26,27,29). The van der Waals surface area contributed by atoms with Crippen molar-refractivity contribution in [2.24, 2.45) is 0 Å². The van der Waals surface area contributed by atoms with Crippen LogP contribution >= 0.6 is 0 Å². The lowest BCUT2D eigenvalue weighted by atomic mass is 9.91. The Morgan fingerprint density at radius 1 is 1.09 bits per heavy atom. The number of carbonyl (C=O) groups excluding carboxylic acids is 1. The average molecular weight is 467 g/mol. The van der Waals surface area contributed by atoms with Crippen LogP contribution in [0.4, 0.5) is 35.4 Å². The van der Waals surface area contributed by atoms with Gasteiger partial charge in [-0.25, -0.2) is 9.78 Å². The second-order valence-electron chi connectivity index (χ2n) is 8.31. The van der Waals surface area contributed by atoms with Gasteiger partial charge < -0.3 is 20.3 Å². The Kier molecular flexibility index (Phi) is 7.50. The Hall–Kier alpha value is -3.24. The molecule has 33 heavy (non-hydrogen) atoms. The van der Waals surface area contributed by atoms with Crippen LogP contribution in [0.1, 0.15) is 31.2 Å². The Morgan fingerprint density at radius 3 is 2.36 bits per heavy atom. The molecule has 0 atom stereocenters. The van der Waals surface area contributed by atoms with Crippen LogP contribution in [0, 0.1) is 6.92 Å². The number of carbonyl (C=O) groups is 1. The van der Waals surface area contributed by atoms with Gasteiger partial charge in [-0.3, -0.25) is 4.90 Å². The van der Waals surface area contributed by atoms with Gasteiger partial charge in [-0.05, 0) is 44.7 Å². The molecule has 3 rings (SSSR count). The zero-order chi connectivity index (χ0) is 24.2. The van der Waals surface area contributed by atoms with Gasteiger partial charge in [0.05, 0.1) is 5.69 Å². The molecule has 1 aliphatic rings. The lowest BCUT2D eigenvalue weighted by Crippen LogP contribution is -2.46. The number of hydrogen-bond donors (Lipinski definition) is 2. The number of ether oxygens (including phenoxy) is 1. The van der Waals surface area contributed by atoms with Crippen molar-refractivity contribution in [3.8, 4) is 5.75 Å². The number of halogens is 3. The minimum absolute atomic E-state index is 0.0379. The first-order chi connectivity index (χ1) is 15.5. The Balaban J connectivity index is 1.54. The Labute approximate surface area is 191 Å². The summed E-state index contributed by atoms with van der Waals surface area (Å²) in [6.07, 6.45) is 0.00257. The smallest absolute Gasteiger partial charge is 0.404 e. The number of hydrogen-bond acceptors (Lipinski definition) is 6. The van der Waals surface area contributed by atoms with Crippen molar-refractivity contribution in [3.63, 3.8) is 0 Å². The summed E-state index contributed by atoms with van der Waals surface area (Å²) >= 11 is 0. The summed E-state index contributed by atoms with van der Waals surface area (Å²) in [6.45, 7) is 1.96. The number of urea groups is 1. The number of nitrogens with one attached hydrogen (secondary N) is 2. The van der Waals surface area contributed by atoms with Crippen LogP contribution in [0.25, 0.3) is 0 Å². The van der Waals surface area contributed by atoms with E-state index in [-0.39, 0.29) is 17.8 Å². The second kappa shape index (κ2) is 10.1. The summed E-state index contributed by atoms with van der Waals surface area (Å²) in [6, 6.07) is 5.17. The lowest BCUT2D eigenvalue weighted by Gasteiger charge is -2.31. The molecule has 1 aromatic heterocycles. The van der Waals surface area contributed by atoms with Crippen molar-refractivity contribution < 1.29 is 22.7 Å². The maximum Gasteiger partial charge on any atom is 0.573 e. The lowest BCUT2D eigenvalue weighted by molar-refractivity contribution is -0.274. The van der Waals surface area contributed by atoms with Crippen LogP contribution < -0.4 is 25.2 Å². The predicted molar refractivity (Wildman–Crippen MR) is 121 cm³/mol. The number of aromatic nitrogens is 2. The van der Waals surface area contributed by atoms with Crippen molar-refractivity contribution in [3.05, 3.63) is 36.0 Å². The molecule has 2 N–H and O–H groups in total. The van der Waals surface area contributed by atoms with Gasteiger partial charge in [-0.2, -0.15) is 4.98 Å². The first kappa shape index (κ1) is 24.4. The number of anilines is 3. The normalized spacial score (nSPS) is 18.4. The SMILES string of the molecule is Cc1cnc(NC2CCC(NC(=O)N(C)c3ccccc3OC(F)(F)F)CC2)nc1N(C)C. The van der Waals surface area contributed by atoms with E-state index < -0.39 is 18.1 Å². The minimum atomic E-state index is -4.84. The summed E-state index contributed by atoms with van der Waals surface area (Å²) in [5.74, 6) is 0.995. The number of amides is 2. The van der Waals surface area contributed by atoms with E-state index in [1.54, 1.807) is 12.3 Å². The number of para-hydroxylation sites is 2. The molecule has 2 aromatic rings. The molecule has 1 aromatic carbocycles. The molecule has 0 radical (unpaired) electrons. The van der Waals surface area contributed by atoms with Crippen LogP contribution in [0.5, 0.6) is 5.75 Å². The number of rotatable bonds is 6. The highest BCUT2D eigenvalue weighted by molar-refractivity contribution is 5.93. The van der Waals surface area contributed by atoms with Crippen LogP contribution in [0.2, 0.25) is 0 Å². The topological polar surface area (TPSA) is 82.6 Å². The van der Waals surface area contributed by atoms with Crippen molar-refractivity contribution in [2.45, 2.75) is 51.1 Å². The highest BCUT2D eigenvalue weighted by Gasteiger charge is 2.33. The van der Waals surface area contributed by atoms with Crippen LogP contribution in [0.3, 0.4) is 0 Å². The van der Waals surface area contributed by atoms with E-state index in [2.05, 4.69) is 25.3 Å². The van der Waals surface area contributed by atoms with Gasteiger partial charge in [-0.1, -0.05) is 12.1 Å². The minimum Gasteiger partial charge on any atom is -0.404 e. The van der Waals surface area contributed by atoms with Gasteiger partial charge in [0.1, 0.15) is 5.82 Å². The number of alkyl halides is 3. The number of nitrogens with zero attached hydrogens (tertiary/aromatic N) is 4. The largest absolute Gasteiger partial charge is 0.573 e. The van der Waals surface area contributed by atoms with Gasteiger partial charge in [0.2, 0.25) is 5.95 Å². The summed E-state index contributed by atoms with van der Waals surface area (Å²) in [4.78, 5) is 24.7. The van der Waals surface area contributed by atoms with E-state index >= 15 is 0 Å². The van der Waals surface area contributed by atoms with Crippen LogP contribution in [0.15, 0.2) is 30.5 Å². The summed E-state index contributed by atoms with van der Waals surface area (Å²) in [5, 5.41) is 6.27. The molecule has 1 heterocycles. The summed E-state index contributed by atoms with van der Waals surface area (Å²) < 4.78 is 42.1. The molecule has 180 valence electrons. The fourth-order valence-corrected chi connectivity index (χ4v) is 3.85. The molecular formula is C22H29F3N6O2. The molecule has 0 aliphatic heterocycles. The van der Waals surface area contributed by atoms with Crippen molar-refractivity contribution >= 4 is 23.5 Å². The molecule has 0 unspecified atom stereocenters. The fourth-order valence-electron chi connectivity index (χ4n) is 3.85. The third kappa shape index (κ3) is 6.62. The number of benzene rings is 1. The van der Waals surface area contributed by atoms with Gasteiger partial charge in [0.15, 0.2) is 5.75 Å². The molecule has 1 fully saturated rings. The van der Waals surface area contributed by atoms with Gasteiger partial charge in [-0.15, -0.1) is 13.2 Å². The van der Waals surface area contributed by atoms with Crippen LogP contribution in [-0.4, -0.2) is 55.6 Å². The average Bonchev–Trinajstić information content (AvgIpc) is 2.75. The zero-order valence-corrected chi connectivity index (χ0v) is 19.1. The van der Waals surface area contributed by atoms with Gasteiger partial charge in [0, 0.05) is 45.0 Å². The third-order valence-electron chi connectivity index (χ3n) is 5.51. The highest BCUT2D eigenvalue weighted by atomic mass is 19.4. The maximum atomic E-state index is 12.7. The fraction of sp³-hybridized carbons (Fsp3) is 0.500. The van der Waals surface area contributed by atoms with E-state index in [9.17, 15) is 18.0 Å². The highest BCUT2D eigenvalue weighted by Crippen LogP contribution is 2.32. The molecule has 1 saturated carbocycles. The van der Waals surface area contributed by atoms with E-state index in [1.807, 2.05) is 25.9 Å². The van der Waals surface area contributed by atoms with Crippen molar-refractivity contribution in [1.29, 1.82) is 0 Å². The molecule has 0 spiro atoms. The monoisotopic (exact) mass is 466 g/mol. The van der Waals surface area contributed by atoms with E-state index in [4.69, 9.17) is 0 Å². The van der Waals surface area contributed by atoms with E-state index in [1.165, 1.54) is 25.2 Å². The molecule has 1 aliphatic carbocycles. The molecule has 2 amide bonds. The van der Waals surface area contributed by atoms with Gasteiger partial charge in [0.25, 0.3) is 0 Å². The van der Waals surface area contributed by atoms with Crippen LogP contribution in [-0.2, 0) is 0 Å². The first-order valence-electron chi connectivity index (χ1n) is 10.7. The predicted octanol–water partition coefficient (Wildman–Crippen LogP) is 4.32. The zero-order valence-electron chi connectivity index (χ0n) is 19.1. The van der Waals surface area contributed by atoms with Crippen molar-refractivity contribution in [2.75, 3.05) is 36.3 Å². The van der Waals surface area contributed by atoms with E-state index in [0.717, 1.165) is 42.0 Å². The molecule has 8 nitrogen and oxygen atoms in total. The van der Waals surface area contributed by atoms with E-state index in [0.29, 0.717) is 5.95 Å². The molecule has 0 saturated heterocycles. The second-order valence-corrected chi connectivity index (χ2v) is 8.31. The Bertz CT molecular complexity index is 961. The van der Waals surface area contributed by atoms with Gasteiger partial charge >= 0.3 is 12.4 Å². The summed E-state index contributed by atoms with van der Waals surface area (Å²) in [7, 11) is 5.27. The number of aryl methyl sites for hydroxylation is 1. The maximum absolute atomic E-state index is 12.7. The molecule has 0 bridgehead atoms. The third-order valence-corrected chi connectivity index (χ3v) is 5.51. The van der Waals surface area contributed by atoms with Crippen molar-refractivity contribution in [1.82, 2.24) is 15.3 Å². The first-order valence-corrected chi connectivity index (χ1v) is 10.7.